The Morgan fingerprint density at radius 1 is 1.30 bits per heavy atom. The number of aliphatic hydroxyl groups excluding tert-OH is 1. The maximum atomic E-state index is 9.47. The SMILES string of the molecule is CC(C)On1c(CO)nc2c(N)nc3ccccc3c21. The maximum Gasteiger partial charge on any atom is 0.171 e. The van der Waals surface area contributed by atoms with Crippen molar-refractivity contribution in [2.24, 2.45) is 0 Å². The lowest BCUT2D eigenvalue weighted by Gasteiger charge is -2.14. The molecule has 0 amide bonds. The van der Waals surface area contributed by atoms with Crippen molar-refractivity contribution in [3.05, 3.63) is 30.1 Å². The van der Waals surface area contributed by atoms with Crippen LogP contribution in [0.15, 0.2) is 24.3 Å². The Bertz CT molecular complexity index is 780. The summed E-state index contributed by atoms with van der Waals surface area (Å²) in [5.41, 5.74) is 8.03. The summed E-state index contributed by atoms with van der Waals surface area (Å²) in [6, 6.07) is 7.64. The van der Waals surface area contributed by atoms with Gasteiger partial charge in [-0.25, -0.2) is 9.97 Å². The van der Waals surface area contributed by atoms with E-state index in [9.17, 15) is 5.11 Å². The van der Waals surface area contributed by atoms with Crippen molar-refractivity contribution < 1.29 is 9.94 Å². The largest absolute Gasteiger partial charge is 0.409 e. The van der Waals surface area contributed by atoms with E-state index in [-0.39, 0.29) is 12.7 Å². The van der Waals surface area contributed by atoms with Crippen LogP contribution in [-0.4, -0.2) is 25.9 Å². The highest BCUT2D eigenvalue weighted by atomic mass is 16.7. The number of nitrogens with two attached hydrogens (primary N) is 1. The monoisotopic (exact) mass is 272 g/mol. The first-order valence-electron chi connectivity index (χ1n) is 6.45. The highest BCUT2D eigenvalue weighted by molar-refractivity contribution is 6.06. The van der Waals surface area contributed by atoms with Gasteiger partial charge in [0.15, 0.2) is 11.6 Å². The molecule has 0 saturated carbocycles. The van der Waals surface area contributed by atoms with Crippen LogP contribution in [0.25, 0.3) is 21.9 Å². The van der Waals surface area contributed by atoms with E-state index in [4.69, 9.17) is 10.6 Å². The molecule has 0 aliphatic rings. The van der Waals surface area contributed by atoms with Gasteiger partial charge in [0.05, 0.1) is 5.52 Å². The Morgan fingerprint density at radius 3 is 2.75 bits per heavy atom. The summed E-state index contributed by atoms with van der Waals surface area (Å²) >= 11 is 0. The smallest absolute Gasteiger partial charge is 0.171 e. The fourth-order valence-corrected chi connectivity index (χ4v) is 2.25. The molecule has 0 unspecified atom stereocenters. The summed E-state index contributed by atoms with van der Waals surface area (Å²) in [5, 5.41) is 10.4. The third-order valence-corrected chi connectivity index (χ3v) is 3.00. The molecule has 0 aliphatic heterocycles. The number of anilines is 1. The van der Waals surface area contributed by atoms with Crippen molar-refractivity contribution in [3.8, 4) is 0 Å². The average Bonchev–Trinajstić information content (AvgIpc) is 2.78. The minimum atomic E-state index is -0.227. The molecule has 20 heavy (non-hydrogen) atoms. The minimum absolute atomic E-state index is 0.0501. The number of pyridine rings is 1. The van der Waals surface area contributed by atoms with Crippen molar-refractivity contribution >= 4 is 27.8 Å². The number of para-hydroxylation sites is 1. The molecule has 6 nitrogen and oxygen atoms in total. The Kier molecular flexibility index (Phi) is 2.94. The van der Waals surface area contributed by atoms with Gasteiger partial charge in [0, 0.05) is 5.39 Å². The molecule has 3 aromatic rings. The van der Waals surface area contributed by atoms with E-state index >= 15 is 0 Å². The van der Waals surface area contributed by atoms with E-state index in [0.717, 1.165) is 16.4 Å². The molecule has 0 aliphatic carbocycles. The fourth-order valence-electron chi connectivity index (χ4n) is 2.25. The van der Waals surface area contributed by atoms with Gasteiger partial charge in [-0.2, -0.15) is 4.73 Å². The molecule has 1 aromatic carbocycles. The van der Waals surface area contributed by atoms with Crippen LogP contribution < -0.4 is 10.6 Å². The van der Waals surface area contributed by atoms with E-state index in [1.54, 1.807) is 4.73 Å². The lowest BCUT2D eigenvalue weighted by molar-refractivity contribution is 0.0545. The van der Waals surface area contributed by atoms with Gasteiger partial charge in [-0.3, -0.25) is 0 Å². The molecule has 2 heterocycles. The van der Waals surface area contributed by atoms with Crippen LogP contribution >= 0.6 is 0 Å². The molecule has 2 aromatic heterocycles. The van der Waals surface area contributed by atoms with Gasteiger partial charge in [-0.1, -0.05) is 18.2 Å². The molecule has 3 rings (SSSR count). The number of nitrogen functional groups attached to an aromatic ring is 1. The standard InChI is InChI=1S/C14H16N4O2/c1-8(2)20-18-11(7-19)17-12-13(18)9-5-3-4-6-10(9)16-14(12)15/h3-6,8,19H,7H2,1-2H3,(H2,15,16). The number of aromatic nitrogens is 3. The maximum absolute atomic E-state index is 9.47. The molecule has 0 radical (unpaired) electrons. The summed E-state index contributed by atoms with van der Waals surface area (Å²) in [5.74, 6) is 0.748. The van der Waals surface area contributed by atoms with E-state index < -0.39 is 0 Å². The third kappa shape index (κ3) is 1.85. The van der Waals surface area contributed by atoms with Crippen molar-refractivity contribution in [3.63, 3.8) is 0 Å². The van der Waals surface area contributed by atoms with Crippen LogP contribution in [0.2, 0.25) is 0 Å². The number of hydrogen-bond acceptors (Lipinski definition) is 5. The van der Waals surface area contributed by atoms with E-state index in [1.165, 1.54) is 0 Å². The summed E-state index contributed by atoms with van der Waals surface area (Å²) in [7, 11) is 0. The van der Waals surface area contributed by atoms with Crippen LogP contribution in [0.5, 0.6) is 0 Å². The molecule has 0 saturated heterocycles. The molecule has 104 valence electrons. The van der Waals surface area contributed by atoms with Crippen molar-refractivity contribution in [1.82, 2.24) is 14.7 Å². The Morgan fingerprint density at radius 2 is 2.05 bits per heavy atom. The first-order chi connectivity index (χ1) is 9.61. The van der Waals surface area contributed by atoms with Gasteiger partial charge in [0.2, 0.25) is 0 Å². The van der Waals surface area contributed by atoms with Crippen molar-refractivity contribution in [2.45, 2.75) is 26.6 Å². The second-order valence-corrected chi connectivity index (χ2v) is 4.85. The molecular weight excluding hydrogens is 256 g/mol. The van der Waals surface area contributed by atoms with E-state index in [1.807, 2.05) is 38.1 Å². The zero-order valence-electron chi connectivity index (χ0n) is 11.4. The lowest BCUT2D eigenvalue weighted by Crippen LogP contribution is -2.21. The normalized spacial score (nSPS) is 11.6. The number of aliphatic hydroxyl groups is 1. The third-order valence-electron chi connectivity index (χ3n) is 3.00. The molecule has 0 atom stereocenters. The zero-order valence-corrected chi connectivity index (χ0v) is 11.4. The van der Waals surface area contributed by atoms with Gasteiger partial charge in [-0.15, -0.1) is 0 Å². The van der Waals surface area contributed by atoms with Crippen molar-refractivity contribution in [2.75, 3.05) is 5.73 Å². The fraction of sp³-hybridized carbons (Fsp3) is 0.286. The number of nitrogens with zero attached hydrogens (tertiary/aromatic N) is 3. The Hall–Kier alpha value is -2.34. The molecule has 3 N–H and O–H groups in total. The van der Waals surface area contributed by atoms with Gasteiger partial charge < -0.3 is 15.7 Å². The highest BCUT2D eigenvalue weighted by Crippen LogP contribution is 2.28. The molecule has 0 spiro atoms. The minimum Gasteiger partial charge on any atom is -0.409 e. The molecule has 0 fully saturated rings. The van der Waals surface area contributed by atoms with Crippen LogP contribution in [0, 0.1) is 0 Å². The lowest BCUT2D eigenvalue weighted by atomic mass is 10.2. The predicted octanol–water partition coefficient (Wildman–Crippen LogP) is 1.50. The van der Waals surface area contributed by atoms with E-state index in [2.05, 4.69) is 9.97 Å². The van der Waals surface area contributed by atoms with Crippen LogP contribution in [-0.2, 0) is 6.61 Å². The summed E-state index contributed by atoms with van der Waals surface area (Å²) in [4.78, 5) is 14.4. The second-order valence-electron chi connectivity index (χ2n) is 4.85. The van der Waals surface area contributed by atoms with Gasteiger partial charge >= 0.3 is 0 Å². The highest BCUT2D eigenvalue weighted by Gasteiger charge is 2.18. The summed E-state index contributed by atoms with van der Waals surface area (Å²) in [6.45, 7) is 3.61. The zero-order chi connectivity index (χ0) is 14.3. The van der Waals surface area contributed by atoms with Crippen LogP contribution in [0.3, 0.4) is 0 Å². The molecule has 0 bridgehead atoms. The predicted molar refractivity (Wildman–Crippen MR) is 77.1 cm³/mol. The summed E-state index contributed by atoms with van der Waals surface area (Å²) < 4.78 is 1.56. The van der Waals surface area contributed by atoms with Gasteiger partial charge in [0.1, 0.15) is 23.7 Å². The van der Waals surface area contributed by atoms with Crippen LogP contribution in [0.4, 0.5) is 5.82 Å². The number of rotatable bonds is 3. The average molecular weight is 272 g/mol. The Labute approximate surface area is 115 Å². The van der Waals surface area contributed by atoms with Crippen molar-refractivity contribution in [1.29, 1.82) is 0 Å². The number of hydrogen-bond donors (Lipinski definition) is 2. The topological polar surface area (TPSA) is 86.2 Å². The quantitative estimate of drug-likeness (QED) is 0.754. The Balaban J connectivity index is 2.44. The second kappa shape index (κ2) is 4.64. The number of benzene rings is 1. The van der Waals surface area contributed by atoms with Gasteiger partial charge in [0.25, 0.3) is 0 Å². The molecular formula is C14H16N4O2. The first-order valence-corrected chi connectivity index (χ1v) is 6.45. The van der Waals surface area contributed by atoms with E-state index in [0.29, 0.717) is 17.2 Å². The first kappa shape index (κ1) is 12.7. The van der Waals surface area contributed by atoms with Crippen LogP contribution in [0.1, 0.15) is 19.7 Å². The number of fused-ring (bicyclic) bond motifs is 3. The summed E-state index contributed by atoms with van der Waals surface area (Å²) in [6.07, 6.45) is -0.0501. The van der Waals surface area contributed by atoms with Gasteiger partial charge in [-0.05, 0) is 19.9 Å². The number of imidazole rings is 1. The molecule has 6 heteroatoms.